The molecule has 0 radical (unpaired) electrons. The van der Waals surface area contributed by atoms with Gasteiger partial charge in [0, 0.05) is 0 Å². The second kappa shape index (κ2) is 5.32. The van der Waals surface area contributed by atoms with Gasteiger partial charge >= 0.3 is 11.9 Å². The summed E-state index contributed by atoms with van der Waals surface area (Å²) in [5.41, 5.74) is -1.28. The van der Waals surface area contributed by atoms with Crippen molar-refractivity contribution in [3.05, 3.63) is 0 Å². The molecule has 0 aromatic carbocycles. The number of carboxylic acids is 1. The Morgan fingerprint density at radius 1 is 1.38 bits per heavy atom. The van der Waals surface area contributed by atoms with E-state index in [1.165, 1.54) is 7.11 Å². The molecule has 4 heteroatoms. The summed E-state index contributed by atoms with van der Waals surface area (Å²) < 4.78 is 4.63. The summed E-state index contributed by atoms with van der Waals surface area (Å²) in [4.78, 5) is 22.8. The molecular formula is C12H20O4. The zero-order chi connectivity index (χ0) is 12.2. The van der Waals surface area contributed by atoms with Gasteiger partial charge in [-0.2, -0.15) is 0 Å². The number of hydrogen-bond donors (Lipinski definition) is 1. The molecule has 0 aliphatic heterocycles. The standard InChI is InChI=1S/C12H20O4/c1-3-4-9-5-7-12(8-6-9,10(13)14)11(15)16-2/h9H,3-8H2,1-2H3,(H,13,14). The molecule has 0 unspecified atom stereocenters. The first kappa shape index (κ1) is 13.0. The Morgan fingerprint density at radius 2 is 1.94 bits per heavy atom. The van der Waals surface area contributed by atoms with Gasteiger partial charge in [-0.3, -0.25) is 9.59 Å². The van der Waals surface area contributed by atoms with Crippen molar-refractivity contribution >= 4 is 11.9 Å². The maximum absolute atomic E-state index is 11.6. The molecule has 0 aromatic heterocycles. The van der Waals surface area contributed by atoms with Gasteiger partial charge in [-0.25, -0.2) is 0 Å². The number of carbonyl (C=O) groups excluding carboxylic acids is 1. The van der Waals surface area contributed by atoms with E-state index in [-0.39, 0.29) is 0 Å². The first-order valence-corrected chi connectivity index (χ1v) is 5.88. The van der Waals surface area contributed by atoms with Crippen LogP contribution in [0, 0.1) is 11.3 Å². The highest BCUT2D eigenvalue weighted by Gasteiger charge is 2.49. The Balaban J connectivity index is 2.70. The van der Waals surface area contributed by atoms with Crippen molar-refractivity contribution in [1.29, 1.82) is 0 Å². The fourth-order valence-corrected chi connectivity index (χ4v) is 2.57. The van der Waals surface area contributed by atoms with Crippen LogP contribution in [-0.2, 0) is 14.3 Å². The van der Waals surface area contributed by atoms with Gasteiger partial charge in [0.25, 0.3) is 0 Å². The number of carboxylic acid groups (broad SMARTS) is 1. The van der Waals surface area contributed by atoms with Crippen LogP contribution >= 0.6 is 0 Å². The third-order valence-corrected chi connectivity index (χ3v) is 3.64. The van der Waals surface area contributed by atoms with Gasteiger partial charge in [0.05, 0.1) is 7.11 Å². The highest BCUT2D eigenvalue weighted by Crippen LogP contribution is 2.41. The van der Waals surface area contributed by atoms with Crippen molar-refractivity contribution in [2.24, 2.45) is 11.3 Å². The largest absolute Gasteiger partial charge is 0.480 e. The summed E-state index contributed by atoms with van der Waals surface area (Å²) in [7, 11) is 1.26. The van der Waals surface area contributed by atoms with Gasteiger partial charge < -0.3 is 9.84 Å². The minimum atomic E-state index is -1.28. The van der Waals surface area contributed by atoms with Crippen LogP contribution in [0.1, 0.15) is 45.4 Å². The van der Waals surface area contributed by atoms with Crippen LogP contribution in [0.5, 0.6) is 0 Å². The van der Waals surface area contributed by atoms with Gasteiger partial charge in [-0.1, -0.05) is 19.8 Å². The molecule has 1 aliphatic rings. The fourth-order valence-electron chi connectivity index (χ4n) is 2.57. The molecule has 0 amide bonds. The SMILES string of the molecule is CCCC1CCC(C(=O)O)(C(=O)OC)CC1. The number of hydrogen-bond acceptors (Lipinski definition) is 3. The van der Waals surface area contributed by atoms with Crippen molar-refractivity contribution in [2.75, 3.05) is 7.11 Å². The molecule has 1 aliphatic carbocycles. The summed E-state index contributed by atoms with van der Waals surface area (Å²) in [6.07, 6.45) is 4.70. The summed E-state index contributed by atoms with van der Waals surface area (Å²) in [5.74, 6) is -1.05. The number of aliphatic carboxylic acids is 1. The summed E-state index contributed by atoms with van der Waals surface area (Å²) in [6, 6.07) is 0. The Labute approximate surface area is 96.0 Å². The number of esters is 1. The Hall–Kier alpha value is -1.06. The summed E-state index contributed by atoms with van der Waals surface area (Å²) in [5, 5.41) is 9.21. The molecular weight excluding hydrogens is 208 g/mol. The van der Waals surface area contributed by atoms with Gasteiger partial charge in [-0.15, -0.1) is 0 Å². The average molecular weight is 228 g/mol. The molecule has 92 valence electrons. The molecule has 1 fully saturated rings. The lowest BCUT2D eigenvalue weighted by Gasteiger charge is -2.34. The van der Waals surface area contributed by atoms with E-state index in [0.29, 0.717) is 18.8 Å². The molecule has 0 bridgehead atoms. The Morgan fingerprint density at radius 3 is 2.31 bits per heavy atom. The molecule has 1 N–H and O–H groups in total. The van der Waals surface area contributed by atoms with Crippen molar-refractivity contribution in [3.8, 4) is 0 Å². The van der Waals surface area contributed by atoms with Gasteiger partial charge in [-0.05, 0) is 31.6 Å². The van der Waals surface area contributed by atoms with Gasteiger partial charge in [0.15, 0.2) is 5.41 Å². The second-order valence-corrected chi connectivity index (χ2v) is 4.61. The van der Waals surface area contributed by atoms with Crippen LogP contribution in [0.2, 0.25) is 0 Å². The number of rotatable bonds is 4. The normalized spacial score (nSPS) is 29.8. The lowest BCUT2D eigenvalue weighted by Crippen LogP contribution is -2.43. The zero-order valence-corrected chi connectivity index (χ0v) is 9.99. The molecule has 0 aromatic rings. The summed E-state index contributed by atoms with van der Waals surface area (Å²) >= 11 is 0. The van der Waals surface area contributed by atoms with Crippen molar-refractivity contribution in [3.63, 3.8) is 0 Å². The lowest BCUT2D eigenvalue weighted by atomic mass is 9.69. The maximum Gasteiger partial charge on any atom is 0.323 e. The van der Waals surface area contributed by atoms with Crippen molar-refractivity contribution in [2.45, 2.75) is 45.4 Å². The van der Waals surface area contributed by atoms with E-state index in [9.17, 15) is 14.7 Å². The maximum atomic E-state index is 11.6. The summed E-state index contributed by atoms with van der Waals surface area (Å²) in [6.45, 7) is 2.12. The monoisotopic (exact) mass is 228 g/mol. The van der Waals surface area contributed by atoms with E-state index in [4.69, 9.17) is 0 Å². The third-order valence-electron chi connectivity index (χ3n) is 3.64. The Kier molecular flexibility index (Phi) is 4.33. The molecule has 0 saturated heterocycles. The molecule has 0 heterocycles. The molecule has 0 atom stereocenters. The van der Waals surface area contributed by atoms with E-state index in [2.05, 4.69) is 11.7 Å². The molecule has 16 heavy (non-hydrogen) atoms. The molecule has 1 saturated carbocycles. The van der Waals surface area contributed by atoms with Crippen LogP contribution in [-0.4, -0.2) is 24.2 Å². The number of carbonyl (C=O) groups is 2. The van der Waals surface area contributed by atoms with Crippen LogP contribution in [0.25, 0.3) is 0 Å². The highest BCUT2D eigenvalue weighted by molar-refractivity contribution is 5.99. The predicted octanol–water partition coefficient (Wildman–Crippen LogP) is 2.22. The molecule has 0 spiro atoms. The Bertz CT molecular complexity index is 264. The fraction of sp³-hybridized carbons (Fsp3) is 0.833. The quantitative estimate of drug-likeness (QED) is 0.592. The topological polar surface area (TPSA) is 63.6 Å². The van der Waals surface area contributed by atoms with Crippen molar-refractivity contribution < 1.29 is 19.4 Å². The number of methoxy groups -OCH3 is 1. The van der Waals surface area contributed by atoms with E-state index < -0.39 is 17.4 Å². The second-order valence-electron chi connectivity index (χ2n) is 4.61. The minimum Gasteiger partial charge on any atom is -0.480 e. The molecule has 4 nitrogen and oxygen atoms in total. The predicted molar refractivity (Wildman–Crippen MR) is 59.0 cm³/mol. The van der Waals surface area contributed by atoms with E-state index in [0.717, 1.165) is 25.7 Å². The highest BCUT2D eigenvalue weighted by atomic mass is 16.5. The van der Waals surface area contributed by atoms with Crippen LogP contribution < -0.4 is 0 Å². The third kappa shape index (κ3) is 2.36. The van der Waals surface area contributed by atoms with E-state index in [1.807, 2.05) is 0 Å². The smallest absolute Gasteiger partial charge is 0.323 e. The van der Waals surface area contributed by atoms with Crippen LogP contribution in [0.3, 0.4) is 0 Å². The van der Waals surface area contributed by atoms with Crippen molar-refractivity contribution in [1.82, 2.24) is 0 Å². The zero-order valence-electron chi connectivity index (χ0n) is 9.99. The first-order chi connectivity index (χ1) is 7.56. The van der Waals surface area contributed by atoms with Crippen LogP contribution in [0.15, 0.2) is 0 Å². The van der Waals surface area contributed by atoms with Gasteiger partial charge in [0.1, 0.15) is 0 Å². The molecule has 1 rings (SSSR count). The number of ether oxygens (including phenoxy) is 1. The van der Waals surface area contributed by atoms with E-state index >= 15 is 0 Å². The average Bonchev–Trinajstić information content (AvgIpc) is 2.29. The van der Waals surface area contributed by atoms with Gasteiger partial charge in [0.2, 0.25) is 0 Å². The first-order valence-electron chi connectivity index (χ1n) is 5.88. The lowest BCUT2D eigenvalue weighted by molar-refractivity contribution is -0.170. The van der Waals surface area contributed by atoms with Crippen LogP contribution in [0.4, 0.5) is 0 Å². The minimum absolute atomic E-state index is 0.416. The van der Waals surface area contributed by atoms with E-state index in [1.54, 1.807) is 0 Å².